The van der Waals surface area contributed by atoms with E-state index < -0.39 is 33.4 Å². The number of amides is 3. The van der Waals surface area contributed by atoms with Gasteiger partial charge in [-0.15, -0.1) is 11.3 Å². The number of nitrogens with zero attached hydrogens (tertiary/aromatic N) is 1. The smallest absolute Gasteiger partial charge is 0.265 e. The van der Waals surface area contributed by atoms with Gasteiger partial charge in [0.2, 0.25) is 12.7 Å². The van der Waals surface area contributed by atoms with E-state index in [1.54, 1.807) is 18.2 Å². The predicted octanol–water partition coefficient (Wildman–Crippen LogP) is 2.21. The van der Waals surface area contributed by atoms with Crippen LogP contribution in [0.3, 0.4) is 0 Å². The first-order valence-corrected chi connectivity index (χ1v) is 12.5. The van der Waals surface area contributed by atoms with Gasteiger partial charge in [-0.05, 0) is 30.5 Å². The predicted molar refractivity (Wildman–Crippen MR) is 111 cm³/mol. The second-order valence-corrected chi connectivity index (χ2v) is 10.9. The molecule has 2 aromatic rings. The molecule has 1 atom stereocenters. The van der Waals surface area contributed by atoms with Gasteiger partial charge in [-0.25, -0.2) is 8.42 Å². The molecule has 2 aliphatic heterocycles. The highest BCUT2D eigenvalue weighted by Gasteiger charge is 2.45. The lowest BCUT2D eigenvalue weighted by molar-refractivity contribution is -0.117. The molecule has 3 heterocycles. The summed E-state index contributed by atoms with van der Waals surface area (Å²) < 4.78 is 35.0. The number of ether oxygens (including phenoxy) is 2. The zero-order valence-electron chi connectivity index (χ0n) is 16.4. The normalized spacial score (nSPS) is 18.3. The molecule has 9 nitrogen and oxygen atoms in total. The zero-order valence-corrected chi connectivity index (χ0v) is 18.0. The van der Waals surface area contributed by atoms with Crippen molar-refractivity contribution in [2.45, 2.75) is 18.9 Å². The Kier molecular flexibility index (Phi) is 4.56. The lowest BCUT2D eigenvalue weighted by Gasteiger charge is -2.26. The van der Waals surface area contributed by atoms with E-state index in [0.29, 0.717) is 22.1 Å². The first-order chi connectivity index (χ1) is 14.7. The molecular formula is C20H18N2O7S2. The largest absolute Gasteiger partial charge is 0.454 e. The quantitative estimate of drug-likeness (QED) is 0.654. The molecule has 1 aromatic carbocycles. The van der Waals surface area contributed by atoms with Crippen LogP contribution in [0, 0.1) is 5.92 Å². The molecule has 0 saturated heterocycles. The summed E-state index contributed by atoms with van der Waals surface area (Å²) >= 11 is 1.12. The number of fused-ring (bicyclic) bond motifs is 2. The van der Waals surface area contributed by atoms with E-state index in [9.17, 15) is 22.8 Å². The van der Waals surface area contributed by atoms with E-state index >= 15 is 0 Å². The Labute approximate surface area is 181 Å². The number of anilines is 1. The Bertz CT molecular complexity index is 1230. The highest BCUT2D eigenvalue weighted by atomic mass is 32.2. The average Bonchev–Trinajstić information content (AvgIpc) is 3.23. The van der Waals surface area contributed by atoms with Crippen molar-refractivity contribution in [3.05, 3.63) is 40.3 Å². The molecule has 1 aromatic heterocycles. The highest BCUT2D eigenvalue weighted by Crippen LogP contribution is 2.42. The van der Waals surface area contributed by atoms with Crippen molar-refractivity contribution in [3.63, 3.8) is 0 Å². The number of sulfone groups is 1. The number of carbonyl (C=O) groups is 3. The fourth-order valence-corrected chi connectivity index (χ4v) is 5.58. The number of hydrogen-bond donors (Lipinski definition) is 1. The summed E-state index contributed by atoms with van der Waals surface area (Å²) in [6.07, 6.45) is 2.66. The topological polar surface area (TPSA) is 119 Å². The SMILES string of the molecule is CS(=O)(=O)C[C@H](c1ccc2c(c1)OCO2)N1C(=O)c2csc(NC(=O)C3CC3)c2C1=O. The van der Waals surface area contributed by atoms with Gasteiger partial charge in [0.15, 0.2) is 11.5 Å². The fourth-order valence-electron chi connectivity index (χ4n) is 3.73. The van der Waals surface area contributed by atoms with Crippen molar-refractivity contribution in [1.29, 1.82) is 0 Å². The van der Waals surface area contributed by atoms with Gasteiger partial charge in [-0.2, -0.15) is 0 Å². The van der Waals surface area contributed by atoms with Gasteiger partial charge in [0.1, 0.15) is 14.8 Å². The van der Waals surface area contributed by atoms with Crippen LogP contribution in [0.1, 0.15) is 45.2 Å². The number of thiophene rings is 1. The zero-order chi connectivity index (χ0) is 21.9. The van der Waals surface area contributed by atoms with Crippen LogP contribution in [0.5, 0.6) is 11.5 Å². The van der Waals surface area contributed by atoms with E-state index in [-0.39, 0.29) is 29.7 Å². The first kappa shape index (κ1) is 20.0. The Hall–Kier alpha value is -2.92. The average molecular weight is 463 g/mol. The number of nitrogens with one attached hydrogen (secondary N) is 1. The van der Waals surface area contributed by atoms with Gasteiger partial charge in [0.05, 0.1) is 22.9 Å². The minimum Gasteiger partial charge on any atom is -0.454 e. The molecule has 0 radical (unpaired) electrons. The Balaban J connectivity index is 1.52. The lowest BCUT2D eigenvalue weighted by Crippen LogP contribution is -2.38. The number of hydrogen-bond acceptors (Lipinski definition) is 8. The van der Waals surface area contributed by atoms with E-state index in [1.165, 1.54) is 5.38 Å². The fraction of sp³-hybridized carbons (Fsp3) is 0.350. The Morgan fingerprint density at radius 2 is 1.97 bits per heavy atom. The molecule has 1 N–H and O–H groups in total. The number of carbonyl (C=O) groups excluding carboxylic acids is 3. The molecule has 1 fully saturated rings. The molecular weight excluding hydrogens is 444 g/mol. The summed E-state index contributed by atoms with van der Waals surface area (Å²) in [5.41, 5.74) is 0.720. The van der Waals surface area contributed by atoms with Gasteiger partial charge in [0.25, 0.3) is 11.8 Å². The summed E-state index contributed by atoms with van der Waals surface area (Å²) in [5.74, 6) is -0.972. The summed E-state index contributed by atoms with van der Waals surface area (Å²) in [4.78, 5) is 39.6. The Morgan fingerprint density at radius 3 is 2.68 bits per heavy atom. The third-order valence-electron chi connectivity index (χ3n) is 5.41. The van der Waals surface area contributed by atoms with Crippen molar-refractivity contribution in [1.82, 2.24) is 4.90 Å². The minimum absolute atomic E-state index is 0.0398. The van der Waals surface area contributed by atoms with E-state index in [0.717, 1.165) is 35.3 Å². The monoisotopic (exact) mass is 462 g/mol. The maximum Gasteiger partial charge on any atom is 0.265 e. The first-order valence-electron chi connectivity index (χ1n) is 9.60. The number of benzene rings is 1. The molecule has 5 rings (SSSR count). The third-order valence-corrected chi connectivity index (χ3v) is 7.23. The minimum atomic E-state index is -3.56. The molecule has 1 saturated carbocycles. The van der Waals surface area contributed by atoms with Crippen molar-refractivity contribution in [3.8, 4) is 11.5 Å². The van der Waals surface area contributed by atoms with Crippen LogP contribution in [-0.4, -0.2) is 49.8 Å². The molecule has 11 heteroatoms. The molecule has 0 bridgehead atoms. The van der Waals surface area contributed by atoms with E-state index in [2.05, 4.69) is 5.32 Å². The van der Waals surface area contributed by atoms with Crippen molar-refractivity contribution in [2.75, 3.05) is 24.1 Å². The van der Waals surface area contributed by atoms with Crippen LogP contribution in [0.15, 0.2) is 23.6 Å². The van der Waals surface area contributed by atoms with Crippen molar-refractivity contribution in [2.24, 2.45) is 5.92 Å². The third kappa shape index (κ3) is 3.57. The Morgan fingerprint density at radius 1 is 1.23 bits per heavy atom. The summed E-state index contributed by atoms with van der Waals surface area (Å²) in [7, 11) is -3.56. The van der Waals surface area contributed by atoms with Crippen LogP contribution >= 0.6 is 11.3 Å². The molecule has 3 amide bonds. The summed E-state index contributed by atoms with van der Waals surface area (Å²) in [6, 6.07) is 3.77. The maximum atomic E-state index is 13.3. The molecule has 162 valence electrons. The molecule has 31 heavy (non-hydrogen) atoms. The highest BCUT2D eigenvalue weighted by molar-refractivity contribution is 7.90. The van der Waals surface area contributed by atoms with Crippen molar-refractivity contribution >= 4 is 43.9 Å². The van der Waals surface area contributed by atoms with Gasteiger partial charge < -0.3 is 14.8 Å². The van der Waals surface area contributed by atoms with Crippen LogP contribution in [-0.2, 0) is 14.6 Å². The standard InChI is InChI=1S/C20H18N2O7S2/c1-31(26,27)8-13(11-4-5-14-15(6-11)29-9-28-14)22-19(24)12-7-30-18(16(12)20(22)25)21-17(23)10-2-3-10/h4-7,10,13H,2-3,8-9H2,1H3,(H,21,23)/t13-/m1/s1. The molecule has 1 aliphatic carbocycles. The second kappa shape index (κ2) is 7.06. The lowest BCUT2D eigenvalue weighted by atomic mass is 10.1. The molecule has 0 unspecified atom stereocenters. The van der Waals surface area contributed by atoms with E-state index in [1.807, 2.05) is 0 Å². The van der Waals surface area contributed by atoms with E-state index in [4.69, 9.17) is 9.47 Å². The van der Waals surface area contributed by atoms with Crippen LogP contribution in [0.2, 0.25) is 0 Å². The van der Waals surface area contributed by atoms with Crippen molar-refractivity contribution < 1.29 is 32.3 Å². The van der Waals surface area contributed by atoms with Crippen LogP contribution < -0.4 is 14.8 Å². The van der Waals surface area contributed by atoms with Crippen LogP contribution in [0.25, 0.3) is 0 Å². The number of rotatable bonds is 6. The van der Waals surface area contributed by atoms with Gasteiger partial charge in [-0.1, -0.05) is 6.07 Å². The van der Waals surface area contributed by atoms with Gasteiger partial charge in [0, 0.05) is 17.6 Å². The maximum absolute atomic E-state index is 13.3. The molecule has 0 spiro atoms. The molecule has 3 aliphatic rings. The summed E-state index contributed by atoms with van der Waals surface area (Å²) in [6.45, 7) is 0.0398. The summed E-state index contributed by atoms with van der Waals surface area (Å²) in [5, 5.41) is 4.58. The van der Waals surface area contributed by atoms with Gasteiger partial charge >= 0.3 is 0 Å². The van der Waals surface area contributed by atoms with Crippen LogP contribution in [0.4, 0.5) is 5.00 Å². The second-order valence-electron chi connectivity index (χ2n) is 7.82. The van der Waals surface area contributed by atoms with Gasteiger partial charge in [-0.3, -0.25) is 19.3 Å². The number of imide groups is 1.